The molecule has 0 N–H and O–H groups in total. The Balaban J connectivity index is 0.998. The van der Waals surface area contributed by atoms with Crippen molar-refractivity contribution in [2.24, 2.45) is 0 Å². The van der Waals surface area contributed by atoms with Crippen molar-refractivity contribution >= 4 is 21.5 Å². The van der Waals surface area contributed by atoms with Crippen molar-refractivity contribution in [3.8, 4) is 66.8 Å². The van der Waals surface area contributed by atoms with Gasteiger partial charge in [-0.25, -0.2) is 0 Å². The van der Waals surface area contributed by atoms with Crippen LogP contribution in [0.5, 0.6) is 0 Å². The van der Waals surface area contributed by atoms with Crippen LogP contribution in [0.2, 0.25) is 0 Å². The van der Waals surface area contributed by atoms with Gasteiger partial charge < -0.3 is 0 Å². The van der Waals surface area contributed by atoms with E-state index in [0.29, 0.717) is 0 Å². The molecule has 294 valence electrons. The van der Waals surface area contributed by atoms with Gasteiger partial charge in [0.1, 0.15) is 0 Å². The van der Waals surface area contributed by atoms with Gasteiger partial charge in [0.2, 0.25) is 0 Å². The zero-order valence-corrected chi connectivity index (χ0v) is 34.8. The van der Waals surface area contributed by atoms with Crippen LogP contribution in [0.3, 0.4) is 0 Å². The van der Waals surface area contributed by atoms with Crippen LogP contribution in [0, 0.1) is 0 Å². The lowest BCUT2D eigenvalue weighted by atomic mass is 9.70. The van der Waals surface area contributed by atoms with Gasteiger partial charge in [0.25, 0.3) is 0 Å². The first kappa shape index (κ1) is 34.5. The predicted molar refractivity (Wildman–Crippen MR) is 263 cm³/mol. The third kappa shape index (κ3) is 4.01. The maximum absolute atomic E-state index is 4.87. The molecule has 0 radical (unpaired) electrons. The summed E-state index contributed by atoms with van der Waals surface area (Å²) in [4.78, 5) is 4.87. The molecule has 0 aliphatic heterocycles. The van der Waals surface area contributed by atoms with Crippen LogP contribution in [0.1, 0.15) is 44.5 Å². The van der Waals surface area contributed by atoms with E-state index in [-0.39, 0.29) is 0 Å². The molecule has 1 heterocycles. The molecule has 4 aliphatic rings. The zero-order chi connectivity index (χ0) is 41.7. The van der Waals surface area contributed by atoms with Gasteiger partial charge >= 0.3 is 0 Å². The largest absolute Gasteiger partial charge is 0.264 e. The lowest BCUT2D eigenvalue weighted by Crippen LogP contribution is -2.25. The first-order valence-electron chi connectivity index (χ1n) is 22.4. The second-order valence-corrected chi connectivity index (χ2v) is 18.0. The Labute approximate surface area is 371 Å². The Morgan fingerprint density at radius 3 is 0.922 bits per heavy atom. The van der Waals surface area contributed by atoms with Gasteiger partial charge in [-0.3, -0.25) is 4.98 Å². The predicted octanol–water partition coefficient (Wildman–Crippen LogP) is 15.4. The summed E-state index contributed by atoms with van der Waals surface area (Å²) >= 11 is 0. The van der Waals surface area contributed by atoms with Crippen LogP contribution >= 0.6 is 0 Å². The Bertz CT molecular complexity index is 3430. The number of hydrogen-bond donors (Lipinski definition) is 0. The Morgan fingerprint density at radius 1 is 0.250 bits per heavy atom. The average Bonchev–Trinajstić information content (AvgIpc) is 4.04. The molecule has 64 heavy (non-hydrogen) atoms. The van der Waals surface area contributed by atoms with E-state index in [1.54, 1.807) is 0 Å². The highest BCUT2D eigenvalue weighted by Gasteiger charge is 2.53. The molecule has 10 aromatic carbocycles. The minimum absolute atomic E-state index is 0.419. The highest BCUT2D eigenvalue weighted by molar-refractivity contribution is 6.21. The molecule has 15 rings (SSSR count). The summed E-state index contributed by atoms with van der Waals surface area (Å²) in [7, 11) is 0. The summed E-state index contributed by atoms with van der Waals surface area (Å²) < 4.78 is 0. The van der Waals surface area contributed by atoms with E-state index in [1.807, 2.05) is 6.20 Å². The Morgan fingerprint density at radius 2 is 0.547 bits per heavy atom. The molecule has 0 fully saturated rings. The van der Waals surface area contributed by atoms with E-state index in [4.69, 9.17) is 4.98 Å². The van der Waals surface area contributed by atoms with E-state index >= 15 is 0 Å². The summed E-state index contributed by atoms with van der Waals surface area (Å²) in [6.45, 7) is 0. The molecule has 0 atom stereocenters. The molecular weight excluding hydrogens is 771 g/mol. The maximum Gasteiger partial charge on any atom is 0.0725 e. The summed E-state index contributed by atoms with van der Waals surface area (Å²) in [5, 5.41) is 4.83. The van der Waals surface area contributed by atoms with Crippen LogP contribution in [0.4, 0.5) is 0 Å². The van der Waals surface area contributed by atoms with Gasteiger partial charge in [-0.15, -0.1) is 0 Å². The van der Waals surface area contributed by atoms with Gasteiger partial charge in [-0.1, -0.05) is 194 Å². The molecule has 2 spiro atoms. The van der Waals surface area contributed by atoms with E-state index in [0.717, 1.165) is 5.39 Å². The van der Waals surface area contributed by atoms with Crippen molar-refractivity contribution in [1.82, 2.24) is 4.98 Å². The van der Waals surface area contributed by atoms with Crippen LogP contribution in [-0.4, -0.2) is 4.98 Å². The van der Waals surface area contributed by atoms with Crippen molar-refractivity contribution in [1.29, 1.82) is 0 Å². The molecule has 0 unspecified atom stereocenters. The van der Waals surface area contributed by atoms with Crippen molar-refractivity contribution in [3.05, 3.63) is 269 Å². The highest BCUT2D eigenvalue weighted by atomic mass is 14.6. The van der Waals surface area contributed by atoms with Crippen molar-refractivity contribution in [2.75, 3.05) is 0 Å². The molecule has 0 bridgehead atoms. The van der Waals surface area contributed by atoms with Crippen molar-refractivity contribution < 1.29 is 0 Å². The van der Waals surface area contributed by atoms with Crippen LogP contribution in [0.15, 0.2) is 225 Å². The van der Waals surface area contributed by atoms with Crippen LogP contribution in [0.25, 0.3) is 88.3 Å². The van der Waals surface area contributed by atoms with Crippen molar-refractivity contribution in [3.63, 3.8) is 0 Å². The monoisotopic (exact) mass is 807 g/mol. The summed E-state index contributed by atoms with van der Waals surface area (Å²) in [5.74, 6) is 0. The minimum Gasteiger partial charge on any atom is -0.264 e. The van der Waals surface area contributed by atoms with Crippen LogP contribution in [-0.2, 0) is 10.8 Å². The molecule has 11 aromatic rings. The normalized spacial score (nSPS) is 14.5. The molecule has 1 aromatic heterocycles. The lowest BCUT2D eigenvalue weighted by Gasteiger charge is -2.31. The second kappa shape index (κ2) is 12.3. The fraction of sp³-hybridized carbons (Fsp3) is 0.0317. The minimum atomic E-state index is -0.422. The van der Waals surface area contributed by atoms with Gasteiger partial charge in [0.15, 0.2) is 0 Å². The number of aromatic nitrogens is 1. The molecule has 1 nitrogen and oxygen atoms in total. The lowest BCUT2D eigenvalue weighted by molar-refractivity contribution is 0.794. The molecule has 0 saturated carbocycles. The quantitative estimate of drug-likeness (QED) is 0.159. The topological polar surface area (TPSA) is 12.9 Å². The van der Waals surface area contributed by atoms with Gasteiger partial charge in [0, 0.05) is 17.8 Å². The average molecular weight is 808 g/mol. The third-order valence-corrected chi connectivity index (χ3v) is 15.4. The first-order valence-corrected chi connectivity index (χ1v) is 22.4. The van der Waals surface area contributed by atoms with E-state index in [2.05, 4.69) is 219 Å². The fourth-order valence-corrected chi connectivity index (χ4v) is 13.1. The number of hydrogen-bond acceptors (Lipinski definition) is 1. The fourth-order valence-electron chi connectivity index (χ4n) is 13.1. The number of pyridine rings is 1. The number of nitrogens with zero attached hydrogens (tertiary/aromatic N) is 1. The number of benzene rings is 10. The van der Waals surface area contributed by atoms with Crippen molar-refractivity contribution in [2.45, 2.75) is 10.8 Å². The summed E-state index contributed by atoms with van der Waals surface area (Å²) in [5.41, 5.74) is 25.4. The number of rotatable bonds is 2. The zero-order valence-electron chi connectivity index (χ0n) is 34.8. The highest BCUT2D eigenvalue weighted by Crippen LogP contribution is 2.65. The van der Waals surface area contributed by atoms with Gasteiger partial charge in [0.05, 0.1) is 10.8 Å². The van der Waals surface area contributed by atoms with Gasteiger partial charge in [-0.05, 0) is 146 Å². The third-order valence-electron chi connectivity index (χ3n) is 15.4. The SMILES string of the molecule is c1ccc2c(c1)-c1ccccc1C21c2ccccc2-c2ccc(-c3c4ccccc4c(-c4ccc5c(c4)C4(c6ccccc6-c6ccccc64)c4ccccc4-5)c4cnccc34)cc21. The van der Waals surface area contributed by atoms with Gasteiger partial charge in [-0.2, -0.15) is 0 Å². The molecule has 0 saturated heterocycles. The van der Waals surface area contributed by atoms with E-state index in [9.17, 15) is 0 Å². The van der Waals surface area contributed by atoms with E-state index in [1.165, 1.54) is 127 Å². The molecular formula is C63H37N. The summed E-state index contributed by atoms with van der Waals surface area (Å²) in [6.07, 6.45) is 4.08. The first-order chi connectivity index (χ1) is 31.8. The second-order valence-electron chi connectivity index (χ2n) is 18.0. The number of fused-ring (bicyclic) bond motifs is 22. The maximum atomic E-state index is 4.87. The summed E-state index contributed by atoms with van der Waals surface area (Å²) in [6, 6.07) is 80.3. The molecule has 1 heteroatoms. The van der Waals surface area contributed by atoms with E-state index < -0.39 is 10.8 Å². The van der Waals surface area contributed by atoms with Crippen LogP contribution < -0.4 is 0 Å². The molecule has 4 aliphatic carbocycles. The Kier molecular flexibility index (Phi) is 6.61. The standard InChI is InChI=1S/C63H37N/c1-2-22-49-48(21-1)60(38-29-31-46-44-19-7-13-27-56(44)62(58(46)35-38)52-23-9-3-15-40(52)41-16-4-10-24-53(41)62)50-33-34-64-37-51(50)61(49)39-30-32-47-45-20-8-14-28-57(45)63(59(47)36-39)54-25-11-5-17-42(54)43-18-6-12-26-55(43)63/h1-37H. The smallest absolute Gasteiger partial charge is 0.0725 e. The molecule has 0 amide bonds. The Hall–Kier alpha value is -8.13.